The average molecular weight is 196 g/mol. The highest BCUT2D eigenvalue weighted by molar-refractivity contribution is 5.36. The molecular weight excluding hydrogens is 180 g/mol. The molecule has 0 saturated heterocycles. The van der Waals surface area contributed by atoms with Crippen molar-refractivity contribution >= 4 is 5.82 Å². The Morgan fingerprint density at radius 3 is 3.00 bits per heavy atom. The van der Waals surface area contributed by atoms with Crippen LogP contribution in [0.1, 0.15) is 5.56 Å². The number of rotatable bonds is 6. The minimum atomic E-state index is 0.598. The molecule has 0 aliphatic carbocycles. The van der Waals surface area contributed by atoms with Crippen LogP contribution in [0.25, 0.3) is 0 Å². The van der Waals surface area contributed by atoms with E-state index >= 15 is 0 Å². The second-order valence-corrected chi connectivity index (χ2v) is 2.84. The predicted molar refractivity (Wildman–Crippen MR) is 55.3 cm³/mol. The SMILES string of the molecule is CNc1cc(COCCOC)ccn1. The van der Waals surface area contributed by atoms with Crippen molar-refractivity contribution in [3.63, 3.8) is 0 Å². The normalized spacial score (nSPS) is 10.1. The van der Waals surface area contributed by atoms with E-state index < -0.39 is 0 Å². The Morgan fingerprint density at radius 1 is 1.43 bits per heavy atom. The van der Waals surface area contributed by atoms with Crippen molar-refractivity contribution in [1.29, 1.82) is 0 Å². The summed E-state index contributed by atoms with van der Waals surface area (Å²) in [7, 11) is 3.51. The molecule has 0 aliphatic rings. The van der Waals surface area contributed by atoms with Crippen molar-refractivity contribution < 1.29 is 9.47 Å². The van der Waals surface area contributed by atoms with E-state index in [-0.39, 0.29) is 0 Å². The third kappa shape index (κ3) is 3.72. The number of hydrogen-bond donors (Lipinski definition) is 1. The van der Waals surface area contributed by atoms with Gasteiger partial charge in [0, 0.05) is 20.4 Å². The fourth-order valence-corrected chi connectivity index (χ4v) is 1.03. The van der Waals surface area contributed by atoms with Crippen LogP contribution in [-0.2, 0) is 16.1 Å². The van der Waals surface area contributed by atoms with Crippen LogP contribution in [0, 0.1) is 0 Å². The average Bonchev–Trinajstić information content (AvgIpc) is 2.25. The van der Waals surface area contributed by atoms with Crippen molar-refractivity contribution in [1.82, 2.24) is 4.98 Å². The molecular formula is C10H16N2O2. The van der Waals surface area contributed by atoms with Gasteiger partial charge in [-0.15, -0.1) is 0 Å². The Hall–Kier alpha value is -1.13. The Bertz CT molecular complexity index is 266. The molecule has 0 fully saturated rings. The first kappa shape index (κ1) is 10.9. The summed E-state index contributed by atoms with van der Waals surface area (Å²) in [6.07, 6.45) is 1.76. The molecule has 1 N–H and O–H groups in total. The van der Waals surface area contributed by atoms with Gasteiger partial charge in [-0.25, -0.2) is 4.98 Å². The Balaban J connectivity index is 2.34. The van der Waals surface area contributed by atoms with Gasteiger partial charge in [0.15, 0.2) is 0 Å². The molecule has 78 valence electrons. The van der Waals surface area contributed by atoms with E-state index in [2.05, 4.69) is 10.3 Å². The van der Waals surface area contributed by atoms with E-state index in [4.69, 9.17) is 9.47 Å². The maximum atomic E-state index is 5.38. The van der Waals surface area contributed by atoms with Gasteiger partial charge in [-0.3, -0.25) is 0 Å². The van der Waals surface area contributed by atoms with Crippen LogP contribution in [-0.4, -0.2) is 32.4 Å². The van der Waals surface area contributed by atoms with Gasteiger partial charge in [-0.05, 0) is 17.7 Å². The van der Waals surface area contributed by atoms with Gasteiger partial charge in [0.2, 0.25) is 0 Å². The fourth-order valence-electron chi connectivity index (χ4n) is 1.03. The van der Waals surface area contributed by atoms with Crippen LogP contribution in [0.5, 0.6) is 0 Å². The molecule has 0 atom stereocenters. The smallest absolute Gasteiger partial charge is 0.125 e. The number of nitrogens with one attached hydrogen (secondary N) is 1. The summed E-state index contributed by atoms with van der Waals surface area (Å²) >= 11 is 0. The molecule has 0 saturated carbocycles. The lowest BCUT2D eigenvalue weighted by Crippen LogP contribution is -2.02. The van der Waals surface area contributed by atoms with Crippen molar-refractivity contribution in [3.05, 3.63) is 23.9 Å². The minimum absolute atomic E-state index is 0.598. The molecule has 0 amide bonds. The maximum Gasteiger partial charge on any atom is 0.125 e. The number of methoxy groups -OCH3 is 1. The zero-order valence-electron chi connectivity index (χ0n) is 8.62. The van der Waals surface area contributed by atoms with Gasteiger partial charge in [-0.2, -0.15) is 0 Å². The number of ether oxygens (including phenoxy) is 2. The summed E-state index contributed by atoms with van der Waals surface area (Å²) in [5, 5.41) is 2.98. The van der Waals surface area contributed by atoms with Gasteiger partial charge in [-0.1, -0.05) is 0 Å². The van der Waals surface area contributed by atoms with Crippen LogP contribution in [0.4, 0.5) is 5.82 Å². The van der Waals surface area contributed by atoms with Crippen molar-refractivity contribution in [3.8, 4) is 0 Å². The lowest BCUT2D eigenvalue weighted by Gasteiger charge is -2.05. The predicted octanol–water partition coefficient (Wildman–Crippen LogP) is 1.29. The van der Waals surface area contributed by atoms with E-state index in [1.165, 1.54) is 0 Å². The maximum absolute atomic E-state index is 5.38. The van der Waals surface area contributed by atoms with Crippen LogP contribution >= 0.6 is 0 Å². The van der Waals surface area contributed by atoms with Gasteiger partial charge in [0.25, 0.3) is 0 Å². The summed E-state index contributed by atoms with van der Waals surface area (Å²) in [6.45, 7) is 1.85. The first-order chi connectivity index (χ1) is 6.86. The molecule has 14 heavy (non-hydrogen) atoms. The Labute approximate surface area is 84.3 Å². The highest BCUT2D eigenvalue weighted by atomic mass is 16.5. The summed E-state index contributed by atoms with van der Waals surface area (Å²) in [5.41, 5.74) is 1.11. The monoisotopic (exact) mass is 196 g/mol. The quantitative estimate of drug-likeness (QED) is 0.696. The number of anilines is 1. The third-order valence-electron chi connectivity index (χ3n) is 1.78. The van der Waals surface area contributed by atoms with Crippen molar-refractivity contribution in [2.75, 3.05) is 32.7 Å². The van der Waals surface area contributed by atoms with Crippen LogP contribution < -0.4 is 5.32 Å². The lowest BCUT2D eigenvalue weighted by molar-refractivity contribution is 0.0616. The Kier molecular flexibility index (Phi) is 4.96. The highest BCUT2D eigenvalue weighted by Gasteiger charge is 1.95. The molecule has 4 nitrogen and oxygen atoms in total. The Morgan fingerprint density at radius 2 is 2.29 bits per heavy atom. The minimum Gasteiger partial charge on any atom is -0.382 e. The van der Waals surface area contributed by atoms with Crippen LogP contribution in [0.15, 0.2) is 18.3 Å². The number of aromatic nitrogens is 1. The molecule has 0 bridgehead atoms. The number of pyridine rings is 1. The second-order valence-electron chi connectivity index (χ2n) is 2.84. The standard InChI is InChI=1S/C10H16N2O2/c1-11-10-7-9(3-4-12-10)8-14-6-5-13-2/h3-4,7H,5-6,8H2,1-2H3,(H,11,12). The van der Waals surface area contributed by atoms with E-state index in [1.807, 2.05) is 19.2 Å². The summed E-state index contributed by atoms with van der Waals surface area (Å²) in [5.74, 6) is 0.859. The summed E-state index contributed by atoms with van der Waals surface area (Å²) in [6, 6.07) is 3.90. The molecule has 1 rings (SSSR count). The molecule has 0 unspecified atom stereocenters. The summed E-state index contributed by atoms with van der Waals surface area (Å²) < 4.78 is 10.3. The van der Waals surface area contributed by atoms with E-state index in [9.17, 15) is 0 Å². The molecule has 0 aliphatic heterocycles. The fraction of sp³-hybridized carbons (Fsp3) is 0.500. The van der Waals surface area contributed by atoms with Crippen molar-refractivity contribution in [2.45, 2.75) is 6.61 Å². The molecule has 1 aromatic heterocycles. The molecule has 0 radical (unpaired) electrons. The molecule has 0 aromatic carbocycles. The number of hydrogen-bond acceptors (Lipinski definition) is 4. The van der Waals surface area contributed by atoms with Gasteiger partial charge < -0.3 is 14.8 Å². The van der Waals surface area contributed by atoms with E-state index in [1.54, 1.807) is 13.3 Å². The zero-order valence-corrected chi connectivity index (χ0v) is 8.62. The van der Waals surface area contributed by atoms with E-state index in [0.29, 0.717) is 19.8 Å². The zero-order chi connectivity index (χ0) is 10.2. The molecule has 4 heteroatoms. The lowest BCUT2D eigenvalue weighted by atomic mass is 10.3. The highest BCUT2D eigenvalue weighted by Crippen LogP contribution is 2.06. The first-order valence-electron chi connectivity index (χ1n) is 4.56. The largest absolute Gasteiger partial charge is 0.382 e. The second kappa shape index (κ2) is 6.34. The van der Waals surface area contributed by atoms with Crippen LogP contribution in [0.3, 0.4) is 0 Å². The number of nitrogens with zero attached hydrogens (tertiary/aromatic N) is 1. The molecule has 0 spiro atoms. The van der Waals surface area contributed by atoms with Gasteiger partial charge in [0.1, 0.15) is 5.82 Å². The van der Waals surface area contributed by atoms with Crippen LogP contribution in [0.2, 0.25) is 0 Å². The molecule has 1 aromatic rings. The third-order valence-corrected chi connectivity index (χ3v) is 1.78. The first-order valence-corrected chi connectivity index (χ1v) is 4.56. The molecule has 1 heterocycles. The van der Waals surface area contributed by atoms with E-state index in [0.717, 1.165) is 11.4 Å². The topological polar surface area (TPSA) is 43.4 Å². The van der Waals surface area contributed by atoms with Gasteiger partial charge in [0.05, 0.1) is 19.8 Å². The summed E-state index contributed by atoms with van der Waals surface area (Å²) in [4.78, 5) is 4.11. The van der Waals surface area contributed by atoms with Gasteiger partial charge >= 0.3 is 0 Å². The van der Waals surface area contributed by atoms with Crippen molar-refractivity contribution in [2.24, 2.45) is 0 Å².